The minimum absolute atomic E-state index is 0.0305. The highest BCUT2D eigenvalue weighted by Crippen LogP contribution is 2.38. The van der Waals surface area contributed by atoms with E-state index < -0.39 is 10.9 Å². The Morgan fingerprint density at radius 2 is 1.76 bits per heavy atom. The molecule has 0 saturated carbocycles. The van der Waals surface area contributed by atoms with Gasteiger partial charge in [0.05, 0.1) is 4.92 Å². The minimum atomic E-state index is -0.543. The number of rotatable bonds is 2. The van der Waals surface area contributed by atoms with Gasteiger partial charge in [-0.05, 0) is 17.2 Å². The van der Waals surface area contributed by atoms with Gasteiger partial charge in [-0.3, -0.25) is 10.1 Å². The first-order chi connectivity index (χ1) is 10.1. The van der Waals surface area contributed by atoms with Crippen LogP contribution in [-0.4, -0.2) is 16.6 Å². The molecule has 0 spiro atoms. The predicted molar refractivity (Wildman–Crippen MR) is 75.9 cm³/mol. The highest BCUT2D eigenvalue weighted by molar-refractivity contribution is 6.24. The van der Waals surface area contributed by atoms with Crippen molar-refractivity contribution in [3.63, 3.8) is 0 Å². The first kappa shape index (κ1) is 13.0. The lowest BCUT2D eigenvalue weighted by molar-refractivity contribution is -0.384. The third-order valence-corrected chi connectivity index (χ3v) is 3.21. The number of fused-ring (bicyclic) bond motifs is 3. The van der Waals surface area contributed by atoms with E-state index in [-0.39, 0.29) is 5.69 Å². The van der Waals surface area contributed by atoms with Gasteiger partial charge >= 0.3 is 5.97 Å². The van der Waals surface area contributed by atoms with Crippen LogP contribution in [0.2, 0.25) is 0 Å². The monoisotopic (exact) mass is 282 g/mol. The largest absolute Gasteiger partial charge is 0.332 e. The number of nitro groups is 1. The van der Waals surface area contributed by atoms with Gasteiger partial charge in [0.1, 0.15) is 5.71 Å². The molecule has 0 bridgehead atoms. The van der Waals surface area contributed by atoms with E-state index >= 15 is 0 Å². The van der Waals surface area contributed by atoms with Gasteiger partial charge in [-0.2, -0.15) is 0 Å². The van der Waals surface area contributed by atoms with E-state index in [1.807, 2.05) is 24.3 Å². The Morgan fingerprint density at radius 1 is 1.10 bits per heavy atom. The number of carbonyl (C=O) groups excluding carboxylic acids is 1. The summed E-state index contributed by atoms with van der Waals surface area (Å²) < 4.78 is 0. The van der Waals surface area contributed by atoms with Crippen LogP contribution in [0.15, 0.2) is 47.6 Å². The Bertz CT molecular complexity index is 796. The van der Waals surface area contributed by atoms with Crippen molar-refractivity contribution in [1.82, 2.24) is 0 Å². The normalized spacial score (nSPS) is 13.7. The fraction of sp³-hybridized carbons (Fsp3) is 0.0667. The number of non-ortho nitro benzene ring substituents is 1. The summed E-state index contributed by atoms with van der Waals surface area (Å²) in [6, 6.07) is 12.0. The van der Waals surface area contributed by atoms with E-state index in [0.29, 0.717) is 11.3 Å². The lowest BCUT2D eigenvalue weighted by Gasteiger charge is -2.00. The van der Waals surface area contributed by atoms with Crippen LogP contribution in [0, 0.1) is 10.1 Å². The molecule has 0 saturated heterocycles. The molecule has 2 aromatic carbocycles. The van der Waals surface area contributed by atoms with E-state index in [1.54, 1.807) is 6.07 Å². The standard InChI is InChI=1S/C15H10N2O4/c1-9(18)21-16-15-13-5-3-2-4-11(13)12-7-6-10(17(19)20)8-14(12)15/h2-8H,1H3. The zero-order valence-electron chi connectivity index (χ0n) is 11.1. The van der Waals surface area contributed by atoms with Crippen molar-refractivity contribution in [2.45, 2.75) is 6.92 Å². The molecule has 6 nitrogen and oxygen atoms in total. The average Bonchev–Trinajstić information content (AvgIpc) is 2.78. The van der Waals surface area contributed by atoms with Crippen LogP contribution in [-0.2, 0) is 9.63 Å². The number of carbonyl (C=O) groups is 1. The molecular weight excluding hydrogens is 272 g/mol. The maximum Gasteiger partial charge on any atom is 0.332 e. The van der Waals surface area contributed by atoms with Crippen LogP contribution in [0.4, 0.5) is 5.69 Å². The third-order valence-electron chi connectivity index (χ3n) is 3.21. The van der Waals surface area contributed by atoms with Crippen molar-refractivity contribution < 1.29 is 14.6 Å². The molecule has 2 aromatic rings. The first-order valence-electron chi connectivity index (χ1n) is 6.22. The van der Waals surface area contributed by atoms with Crippen molar-refractivity contribution in [1.29, 1.82) is 0 Å². The second-order valence-corrected chi connectivity index (χ2v) is 4.56. The van der Waals surface area contributed by atoms with Gasteiger partial charge in [0, 0.05) is 30.2 Å². The summed E-state index contributed by atoms with van der Waals surface area (Å²) in [5, 5.41) is 14.8. The van der Waals surface area contributed by atoms with Gasteiger partial charge in [0.2, 0.25) is 0 Å². The van der Waals surface area contributed by atoms with Gasteiger partial charge in [0.25, 0.3) is 5.69 Å². The van der Waals surface area contributed by atoms with E-state index in [9.17, 15) is 14.9 Å². The molecule has 0 amide bonds. The second kappa shape index (κ2) is 4.82. The number of nitro benzene ring substituents is 1. The molecule has 0 radical (unpaired) electrons. The van der Waals surface area contributed by atoms with Crippen molar-refractivity contribution >= 4 is 17.4 Å². The Morgan fingerprint density at radius 3 is 2.43 bits per heavy atom. The molecule has 0 atom stereocenters. The second-order valence-electron chi connectivity index (χ2n) is 4.56. The molecule has 0 aromatic heterocycles. The van der Waals surface area contributed by atoms with Crippen molar-refractivity contribution in [2.75, 3.05) is 0 Å². The van der Waals surface area contributed by atoms with Crippen LogP contribution in [0.1, 0.15) is 18.1 Å². The summed E-state index contributed by atoms with van der Waals surface area (Å²) in [4.78, 5) is 26.1. The lowest BCUT2D eigenvalue weighted by Crippen LogP contribution is -2.02. The van der Waals surface area contributed by atoms with E-state index in [2.05, 4.69) is 5.16 Å². The van der Waals surface area contributed by atoms with Gasteiger partial charge in [-0.1, -0.05) is 29.4 Å². The van der Waals surface area contributed by atoms with Crippen LogP contribution in [0.3, 0.4) is 0 Å². The number of benzene rings is 2. The molecule has 104 valence electrons. The molecule has 0 N–H and O–H groups in total. The number of nitrogens with zero attached hydrogens (tertiary/aromatic N) is 2. The van der Waals surface area contributed by atoms with E-state index in [4.69, 9.17) is 4.84 Å². The summed E-state index contributed by atoms with van der Waals surface area (Å²) in [7, 11) is 0. The Labute approximate surface area is 119 Å². The van der Waals surface area contributed by atoms with Crippen LogP contribution < -0.4 is 0 Å². The van der Waals surface area contributed by atoms with Crippen LogP contribution in [0.25, 0.3) is 11.1 Å². The molecule has 6 heteroatoms. The van der Waals surface area contributed by atoms with E-state index in [1.165, 1.54) is 19.1 Å². The third kappa shape index (κ3) is 2.16. The molecular formula is C15H10N2O4. The van der Waals surface area contributed by atoms with Gasteiger partial charge in [-0.15, -0.1) is 0 Å². The maximum atomic E-state index is 11.0. The van der Waals surface area contributed by atoms with Gasteiger partial charge in [0.15, 0.2) is 0 Å². The molecule has 0 fully saturated rings. The maximum absolute atomic E-state index is 11.0. The summed E-state index contributed by atoms with van der Waals surface area (Å²) in [6.45, 7) is 1.25. The Kier molecular flexibility index (Phi) is 2.98. The molecule has 0 unspecified atom stereocenters. The van der Waals surface area contributed by atoms with Crippen molar-refractivity contribution in [3.05, 3.63) is 63.7 Å². The van der Waals surface area contributed by atoms with Crippen LogP contribution >= 0.6 is 0 Å². The Hall–Kier alpha value is -3.02. The summed E-state index contributed by atoms with van der Waals surface area (Å²) in [5.41, 5.74) is 3.52. The number of oxime groups is 1. The van der Waals surface area contributed by atoms with Gasteiger partial charge < -0.3 is 4.84 Å². The smallest absolute Gasteiger partial charge is 0.318 e. The average molecular weight is 282 g/mol. The zero-order valence-corrected chi connectivity index (χ0v) is 11.1. The van der Waals surface area contributed by atoms with Crippen molar-refractivity contribution in [3.8, 4) is 11.1 Å². The highest BCUT2D eigenvalue weighted by atomic mass is 16.7. The fourth-order valence-corrected chi connectivity index (χ4v) is 2.35. The van der Waals surface area contributed by atoms with Crippen LogP contribution in [0.5, 0.6) is 0 Å². The molecule has 0 heterocycles. The molecule has 1 aliphatic rings. The first-order valence-corrected chi connectivity index (χ1v) is 6.22. The summed E-state index contributed by atoms with van der Waals surface area (Å²) in [6.07, 6.45) is 0. The Balaban J connectivity index is 2.22. The molecule has 21 heavy (non-hydrogen) atoms. The zero-order chi connectivity index (χ0) is 15.0. The summed E-state index contributed by atoms with van der Waals surface area (Å²) >= 11 is 0. The van der Waals surface area contributed by atoms with Crippen molar-refractivity contribution in [2.24, 2.45) is 5.16 Å². The molecule has 1 aliphatic carbocycles. The predicted octanol–water partition coefficient (Wildman–Crippen LogP) is 2.89. The van der Waals surface area contributed by atoms with E-state index in [0.717, 1.165) is 16.7 Å². The lowest BCUT2D eigenvalue weighted by atomic mass is 10.1. The number of hydrogen-bond acceptors (Lipinski definition) is 5. The molecule has 3 rings (SSSR count). The summed E-state index contributed by atoms with van der Waals surface area (Å²) in [5.74, 6) is -0.543. The highest BCUT2D eigenvalue weighted by Gasteiger charge is 2.27. The quantitative estimate of drug-likeness (QED) is 0.411. The van der Waals surface area contributed by atoms with Gasteiger partial charge in [-0.25, -0.2) is 4.79 Å². The fourth-order valence-electron chi connectivity index (χ4n) is 2.35. The molecule has 0 aliphatic heterocycles. The SMILES string of the molecule is CC(=O)ON=C1c2ccccc2-c2ccc([N+](=O)[O-])cc21. The topological polar surface area (TPSA) is 81.8 Å². The minimum Gasteiger partial charge on any atom is -0.318 e. The number of hydrogen-bond donors (Lipinski definition) is 0.